The first-order chi connectivity index (χ1) is 7.86. The fourth-order valence-corrected chi connectivity index (χ4v) is 4.32. The number of hydrogen-bond acceptors (Lipinski definition) is 4. The van der Waals surface area contributed by atoms with Gasteiger partial charge in [0.05, 0.1) is 5.69 Å². The maximum Gasteiger partial charge on any atom is 0.0570 e. The van der Waals surface area contributed by atoms with Crippen LogP contribution in [0.1, 0.15) is 18.7 Å². The lowest BCUT2D eigenvalue weighted by Crippen LogP contribution is -2.31. The molecule has 1 saturated heterocycles. The smallest absolute Gasteiger partial charge is 0.0570 e. The van der Waals surface area contributed by atoms with Crippen LogP contribution in [0.2, 0.25) is 0 Å². The van der Waals surface area contributed by atoms with Gasteiger partial charge < -0.3 is 5.32 Å². The summed E-state index contributed by atoms with van der Waals surface area (Å²) in [5, 5.41) is 4.34. The van der Waals surface area contributed by atoms with E-state index in [0.29, 0.717) is 6.04 Å². The monoisotopic (exact) mass is 254 g/mol. The summed E-state index contributed by atoms with van der Waals surface area (Å²) in [7, 11) is 0. The molecule has 0 bridgehead atoms. The average molecular weight is 254 g/mol. The predicted molar refractivity (Wildman–Crippen MR) is 74.2 cm³/mol. The van der Waals surface area contributed by atoms with Gasteiger partial charge in [0, 0.05) is 41.3 Å². The van der Waals surface area contributed by atoms with Crippen LogP contribution in [0, 0.1) is 0 Å². The highest BCUT2D eigenvalue weighted by atomic mass is 32.2. The molecule has 0 spiro atoms. The molecular weight excluding hydrogens is 236 g/mol. The second-order valence-corrected chi connectivity index (χ2v) is 6.51. The number of nitrogens with one attached hydrogen (secondary N) is 1. The van der Waals surface area contributed by atoms with E-state index in [9.17, 15) is 0 Å². The molecule has 2 heterocycles. The molecule has 0 saturated carbocycles. The van der Waals surface area contributed by atoms with Crippen molar-refractivity contribution in [3.63, 3.8) is 0 Å². The molecule has 1 aromatic heterocycles. The minimum atomic E-state index is 0.355. The van der Waals surface area contributed by atoms with Gasteiger partial charge in [0.25, 0.3) is 0 Å². The first kappa shape index (κ1) is 12.3. The van der Waals surface area contributed by atoms with E-state index in [1.54, 1.807) is 0 Å². The first-order valence-electron chi connectivity index (χ1n) is 5.70. The van der Waals surface area contributed by atoms with Crippen LogP contribution < -0.4 is 5.32 Å². The van der Waals surface area contributed by atoms with Crippen molar-refractivity contribution in [1.82, 2.24) is 10.3 Å². The Morgan fingerprint density at radius 1 is 1.50 bits per heavy atom. The summed E-state index contributed by atoms with van der Waals surface area (Å²) in [6.45, 7) is 3.28. The zero-order valence-corrected chi connectivity index (χ0v) is 11.2. The Bertz CT molecular complexity index is 299. The van der Waals surface area contributed by atoms with Gasteiger partial charge in [-0.25, -0.2) is 0 Å². The lowest BCUT2D eigenvalue weighted by molar-refractivity contribution is 0.564. The van der Waals surface area contributed by atoms with Gasteiger partial charge in [0.1, 0.15) is 0 Å². The van der Waals surface area contributed by atoms with Crippen molar-refractivity contribution in [3.05, 3.63) is 30.1 Å². The third-order valence-corrected chi connectivity index (χ3v) is 5.51. The van der Waals surface area contributed by atoms with E-state index in [1.807, 2.05) is 18.3 Å². The summed E-state index contributed by atoms with van der Waals surface area (Å²) < 4.78 is 0. The molecule has 1 aliphatic heterocycles. The Morgan fingerprint density at radius 2 is 2.44 bits per heavy atom. The van der Waals surface area contributed by atoms with Crippen LogP contribution in [0.25, 0.3) is 0 Å². The van der Waals surface area contributed by atoms with Gasteiger partial charge in [-0.2, -0.15) is 23.5 Å². The normalized spacial score (nSPS) is 22.9. The maximum atomic E-state index is 4.37. The molecule has 16 heavy (non-hydrogen) atoms. The van der Waals surface area contributed by atoms with Gasteiger partial charge in [-0.3, -0.25) is 4.98 Å². The molecule has 0 radical (unpaired) electrons. The largest absolute Gasteiger partial charge is 0.308 e. The number of pyridine rings is 1. The number of aromatic nitrogens is 1. The molecule has 0 amide bonds. The topological polar surface area (TPSA) is 24.9 Å². The SMILES string of the molecule is CC(NCC1CSCCS1)c1ccccn1. The standard InChI is InChI=1S/C12H18N2S2/c1-10(12-4-2-3-5-13-12)14-8-11-9-15-6-7-16-11/h2-5,10-11,14H,6-9H2,1H3. The third kappa shape index (κ3) is 3.68. The van der Waals surface area contributed by atoms with Gasteiger partial charge in [-0.15, -0.1) is 0 Å². The van der Waals surface area contributed by atoms with Crippen molar-refractivity contribution in [2.45, 2.75) is 18.2 Å². The Kier molecular flexibility index (Phi) is 5.00. The lowest BCUT2D eigenvalue weighted by Gasteiger charge is -2.23. The van der Waals surface area contributed by atoms with E-state index in [1.165, 1.54) is 17.3 Å². The van der Waals surface area contributed by atoms with Crippen molar-refractivity contribution in [1.29, 1.82) is 0 Å². The van der Waals surface area contributed by atoms with Crippen LogP contribution in [0.4, 0.5) is 0 Å². The van der Waals surface area contributed by atoms with Gasteiger partial charge >= 0.3 is 0 Å². The summed E-state index contributed by atoms with van der Waals surface area (Å²) in [6.07, 6.45) is 1.86. The minimum absolute atomic E-state index is 0.355. The van der Waals surface area contributed by atoms with E-state index in [0.717, 1.165) is 17.5 Å². The molecule has 1 aromatic rings. The molecule has 2 nitrogen and oxygen atoms in total. The van der Waals surface area contributed by atoms with E-state index in [2.05, 4.69) is 46.8 Å². The molecule has 1 aliphatic rings. The maximum absolute atomic E-state index is 4.37. The quantitative estimate of drug-likeness (QED) is 0.893. The molecular formula is C12H18N2S2. The summed E-state index contributed by atoms with van der Waals surface area (Å²) in [6, 6.07) is 6.45. The highest BCUT2D eigenvalue weighted by Gasteiger charge is 2.15. The van der Waals surface area contributed by atoms with Gasteiger partial charge in [-0.05, 0) is 19.1 Å². The second kappa shape index (κ2) is 6.52. The van der Waals surface area contributed by atoms with E-state index in [-0.39, 0.29) is 0 Å². The molecule has 1 fully saturated rings. The third-order valence-electron chi connectivity index (χ3n) is 2.67. The molecule has 88 valence electrons. The van der Waals surface area contributed by atoms with Crippen LogP contribution >= 0.6 is 23.5 Å². The van der Waals surface area contributed by atoms with E-state index < -0.39 is 0 Å². The molecule has 2 unspecified atom stereocenters. The van der Waals surface area contributed by atoms with Crippen molar-refractivity contribution in [3.8, 4) is 0 Å². The van der Waals surface area contributed by atoms with Gasteiger partial charge in [-0.1, -0.05) is 6.07 Å². The fraction of sp³-hybridized carbons (Fsp3) is 0.583. The van der Waals surface area contributed by atoms with Crippen molar-refractivity contribution < 1.29 is 0 Å². The van der Waals surface area contributed by atoms with Crippen LogP contribution in [0.15, 0.2) is 24.4 Å². The van der Waals surface area contributed by atoms with Crippen LogP contribution in [-0.4, -0.2) is 34.0 Å². The zero-order valence-electron chi connectivity index (χ0n) is 9.56. The summed E-state index contributed by atoms with van der Waals surface area (Å²) in [5.74, 6) is 3.90. The fourth-order valence-electron chi connectivity index (χ4n) is 1.70. The summed E-state index contributed by atoms with van der Waals surface area (Å²) in [4.78, 5) is 4.37. The number of thioether (sulfide) groups is 2. The Morgan fingerprint density at radius 3 is 3.12 bits per heavy atom. The predicted octanol–water partition coefficient (Wildman–Crippen LogP) is 2.58. The lowest BCUT2D eigenvalue weighted by atomic mass is 10.2. The minimum Gasteiger partial charge on any atom is -0.308 e. The number of rotatable bonds is 4. The van der Waals surface area contributed by atoms with Gasteiger partial charge in [0.15, 0.2) is 0 Å². The van der Waals surface area contributed by atoms with E-state index in [4.69, 9.17) is 0 Å². The molecule has 2 atom stereocenters. The van der Waals surface area contributed by atoms with Crippen LogP contribution in [-0.2, 0) is 0 Å². The molecule has 0 aliphatic carbocycles. The highest BCUT2D eigenvalue weighted by molar-refractivity contribution is 8.06. The number of hydrogen-bond donors (Lipinski definition) is 1. The Labute approximate surface area is 106 Å². The Hall–Kier alpha value is -0.190. The second-order valence-electron chi connectivity index (χ2n) is 3.95. The van der Waals surface area contributed by atoms with Gasteiger partial charge in [0.2, 0.25) is 0 Å². The molecule has 0 aromatic carbocycles. The highest BCUT2D eigenvalue weighted by Crippen LogP contribution is 2.23. The summed E-state index contributed by atoms with van der Waals surface area (Å²) >= 11 is 4.17. The Balaban J connectivity index is 1.77. The molecule has 4 heteroatoms. The molecule has 1 N–H and O–H groups in total. The van der Waals surface area contributed by atoms with Crippen LogP contribution in [0.5, 0.6) is 0 Å². The molecule has 2 rings (SSSR count). The zero-order chi connectivity index (χ0) is 11.2. The average Bonchev–Trinajstić information content (AvgIpc) is 2.38. The van der Waals surface area contributed by atoms with Crippen molar-refractivity contribution in [2.24, 2.45) is 0 Å². The van der Waals surface area contributed by atoms with Crippen molar-refractivity contribution in [2.75, 3.05) is 23.8 Å². The van der Waals surface area contributed by atoms with E-state index >= 15 is 0 Å². The van der Waals surface area contributed by atoms with Crippen molar-refractivity contribution >= 4 is 23.5 Å². The first-order valence-corrected chi connectivity index (χ1v) is 7.90. The van der Waals surface area contributed by atoms with Crippen LogP contribution in [0.3, 0.4) is 0 Å². The number of nitrogens with zero attached hydrogens (tertiary/aromatic N) is 1. The summed E-state index contributed by atoms with van der Waals surface area (Å²) in [5.41, 5.74) is 1.14.